The Labute approximate surface area is 171 Å². The molecule has 2 heterocycles. The summed E-state index contributed by atoms with van der Waals surface area (Å²) in [5.41, 5.74) is 2.43. The lowest BCUT2D eigenvalue weighted by atomic mass is 10.1. The largest absolute Gasteiger partial charge is 0.508 e. The highest BCUT2D eigenvalue weighted by atomic mass is 35.5. The molecule has 0 radical (unpaired) electrons. The molecule has 4 rings (SSSR count). The SMILES string of the molecule is O=C(Cc1ccc(Cl)cc1O)Nc1oc(-c2ccccc2)nc1-c1cccnc1. The molecule has 0 unspecified atom stereocenters. The molecule has 0 bridgehead atoms. The molecule has 2 N–H and O–H groups in total. The third-order valence-corrected chi connectivity index (χ3v) is 4.47. The number of aromatic hydroxyl groups is 1. The number of hydrogen-bond acceptors (Lipinski definition) is 5. The van der Waals surface area contributed by atoms with E-state index in [1.54, 1.807) is 30.6 Å². The van der Waals surface area contributed by atoms with E-state index in [2.05, 4.69) is 15.3 Å². The maximum absolute atomic E-state index is 12.6. The maximum atomic E-state index is 12.6. The maximum Gasteiger partial charge on any atom is 0.231 e. The van der Waals surface area contributed by atoms with E-state index in [9.17, 15) is 9.90 Å². The van der Waals surface area contributed by atoms with Crippen LogP contribution in [-0.2, 0) is 11.2 Å². The average Bonchev–Trinajstić information content (AvgIpc) is 3.15. The summed E-state index contributed by atoms with van der Waals surface area (Å²) < 4.78 is 5.86. The summed E-state index contributed by atoms with van der Waals surface area (Å²) >= 11 is 5.84. The van der Waals surface area contributed by atoms with E-state index in [0.717, 1.165) is 5.56 Å². The number of anilines is 1. The summed E-state index contributed by atoms with van der Waals surface area (Å²) in [5.74, 6) is 0.204. The Balaban J connectivity index is 1.65. The molecule has 2 aromatic carbocycles. The lowest BCUT2D eigenvalue weighted by Crippen LogP contribution is -2.14. The molecule has 0 spiro atoms. The molecular weight excluding hydrogens is 390 g/mol. The van der Waals surface area contributed by atoms with Crippen LogP contribution in [0, 0.1) is 0 Å². The van der Waals surface area contributed by atoms with E-state index in [1.807, 2.05) is 36.4 Å². The van der Waals surface area contributed by atoms with Crippen molar-refractivity contribution in [3.8, 4) is 28.5 Å². The smallest absolute Gasteiger partial charge is 0.231 e. The molecule has 0 aliphatic carbocycles. The Morgan fingerprint density at radius 2 is 1.86 bits per heavy atom. The van der Waals surface area contributed by atoms with E-state index in [0.29, 0.717) is 27.7 Å². The van der Waals surface area contributed by atoms with E-state index in [4.69, 9.17) is 16.0 Å². The zero-order valence-electron chi connectivity index (χ0n) is 15.2. The van der Waals surface area contributed by atoms with Crippen LogP contribution in [0.4, 0.5) is 5.88 Å². The molecular formula is C22H16ClN3O3. The molecule has 0 aliphatic heterocycles. The molecule has 0 saturated heterocycles. The summed E-state index contributed by atoms with van der Waals surface area (Å²) in [4.78, 5) is 21.3. The average molecular weight is 406 g/mol. The summed E-state index contributed by atoms with van der Waals surface area (Å²) in [6, 6.07) is 17.6. The van der Waals surface area contributed by atoms with Gasteiger partial charge in [-0.3, -0.25) is 15.1 Å². The zero-order valence-corrected chi connectivity index (χ0v) is 15.9. The van der Waals surface area contributed by atoms with E-state index in [-0.39, 0.29) is 24.0 Å². The van der Waals surface area contributed by atoms with Crippen LogP contribution < -0.4 is 5.32 Å². The van der Waals surface area contributed by atoms with Gasteiger partial charge in [-0.2, -0.15) is 0 Å². The van der Waals surface area contributed by atoms with E-state index >= 15 is 0 Å². The Kier molecular flexibility index (Phi) is 5.27. The van der Waals surface area contributed by atoms with Crippen LogP contribution in [0.25, 0.3) is 22.7 Å². The minimum atomic E-state index is -0.358. The first-order valence-electron chi connectivity index (χ1n) is 8.84. The second-order valence-corrected chi connectivity index (χ2v) is 6.74. The van der Waals surface area contributed by atoms with Gasteiger partial charge in [0.05, 0.1) is 6.42 Å². The number of halogens is 1. The zero-order chi connectivity index (χ0) is 20.2. The van der Waals surface area contributed by atoms with Gasteiger partial charge < -0.3 is 9.52 Å². The van der Waals surface area contributed by atoms with Crippen LogP contribution >= 0.6 is 11.6 Å². The first-order chi connectivity index (χ1) is 14.1. The number of phenols is 1. The first kappa shape index (κ1) is 18.7. The normalized spacial score (nSPS) is 10.7. The Hall–Kier alpha value is -3.64. The summed E-state index contributed by atoms with van der Waals surface area (Å²) in [5, 5.41) is 13.1. The van der Waals surface area contributed by atoms with Gasteiger partial charge in [0.1, 0.15) is 11.4 Å². The number of carbonyl (C=O) groups is 1. The van der Waals surface area contributed by atoms with Crippen molar-refractivity contribution < 1.29 is 14.3 Å². The fourth-order valence-corrected chi connectivity index (χ4v) is 3.00. The van der Waals surface area contributed by atoms with Crippen LogP contribution in [0.1, 0.15) is 5.56 Å². The molecule has 4 aromatic rings. The Bertz CT molecular complexity index is 1140. The number of pyridine rings is 1. The third kappa shape index (κ3) is 4.28. The second kappa shape index (κ2) is 8.16. The molecule has 0 atom stereocenters. The van der Waals surface area contributed by atoms with Gasteiger partial charge in [-0.05, 0) is 36.4 Å². The highest BCUT2D eigenvalue weighted by Gasteiger charge is 2.19. The van der Waals surface area contributed by atoms with Crippen LogP contribution in [0.15, 0.2) is 77.5 Å². The number of phenolic OH excluding ortho intramolecular Hbond substituents is 1. The summed E-state index contributed by atoms with van der Waals surface area (Å²) in [6.07, 6.45) is 3.26. The fourth-order valence-electron chi connectivity index (χ4n) is 2.84. The van der Waals surface area contributed by atoms with Gasteiger partial charge in [-0.25, -0.2) is 4.98 Å². The number of hydrogen-bond donors (Lipinski definition) is 2. The number of benzene rings is 2. The quantitative estimate of drug-likeness (QED) is 0.490. The van der Waals surface area contributed by atoms with Crippen molar-refractivity contribution in [2.45, 2.75) is 6.42 Å². The summed E-state index contributed by atoms with van der Waals surface area (Å²) in [6.45, 7) is 0. The van der Waals surface area contributed by atoms with Crippen molar-refractivity contribution in [1.82, 2.24) is 9.97 Å². The molecule has 1 amide bonds. The van der Waals surface area contributed by atoms with Crippen LogP contribution in [0.2, 0.25) is 5.02 Å². The van der Waals surface area contributed by atoms with Gasteiger partial charge in [-0.1, -0.05) is 35.9 Å². The highest BCUT2D eigenvalue weighted by Crippen LogP contribution is 2.32. The number of amides is 1. The Morgan fingerprint density at radius 3 is 2.59 bits per heavy atom. The topological polar surface area (TPSA) is 88.2 Å². The third-order valence-electron chi connectivity index (χ3n) is 4.23. The highest BCUT2D eigenvalue weighted by molar-refractivity contribution is 6.30. The molecule has 0 aliphatic rings. The standard InChI is InChI=1S/C22H16ClN3O3/c23-17-9-8-15(18(27)12-17)11-19(28)25-22-20(16-7-4-10-24-13-16)26-21(29-22)14-5-2-1-3-6-14/h1-10,12-13,27H,11H2,(H,25,28). The molecule has 29 heavy (non-hydrogen) atoms. The van der Waals surface area contributed by atoms with Crippen molar-refractivity contribution in [3.05, 3.63) is 83.6 Å². The van der Waals surface area contributed by atoms with Gasteiger partial charge in [0.25, 0.3) is 0 Å². The number of carbonyl (C=O) groups excluding carboxylic acids is 1. The van der Waals surface area contributed by atoms with Gasteiger partial charge >= 0.3 is 0 Å². The van der Waals surface area contributed by atoms with E-state index in [1.165, 1.54) is 6.07 Å². The second-order valence-electron chi connectivity index (χ2n) is 6.30. The van der Waals surface area contributed by atoms with Crippen LogP contribution in [-0.4, -0.2) is 21.0 Å². The van der Waals surface area contributed by atoms with Crippen molar-refractivity contribution in [3.63, 3.8) is 0 Å². The summed E-state index contributed by atoms with van der Waals surface area (Å²) in [7, 11) is 0. The van der Waals surface area contributed by atoms with Gasteiger partial charge in [0.15, 0.2) is 0 Å². The lowest BCUT2D eigenvalue weighted by molar-refractivity contribution is -0.115. The number of nitrogens with one attached hydrogen (secondary N) is 1. The van der Waals surface area contributed by atoms with E-state index < -0.39 is 0 Å². The van der Waals surface area contributed by atoms with Crippen molar-refractivity contribution in [1.29, 1.82) is 0 Å². The molecule has 7 heteroatoms. The first-order valence-corrected chi connectivity index (χ1v) is 9.22. The van der Waals surface area contributed by atoms with Crippen LogP contribution in [0.5, 0.6) is 5.75 Å². The molecule has 0 saturated carbocycles. The number of oxazole rings is 1. The van der Waals surface area contributed by atoms with Gasteiger partial charge in [0, 0.05) is 34.1 Å². The Morgan fingerprint density at radius 1 is 1.07 bits per heavy atom. The minimum absolute atomic E-state index is 0.0392. The van der Waals surface area contributed by atoms with Gasteiger partial charge in [-0.15, -0.1) is 0 Å². The lowest BCUT2D eigenvalue weighted by Gasteiger charge is -2.06. The fraction of sp³-hybridized carbons (Fsp3) is 0.0455. The van der Waals surface area contributed by atoms with Gasteiger partial charge in [0.2, 0.25) is 17.7 Å². The predicted molar refractivity (Wildman–Crippen MR) is 111 cm³/mol. The van der Waals surface area contributed by atoms with Crippen molar-refractivity contribution in [2.24, 2.45) is 0 Å². The number of aromatic nitrogens is 2. The molecule has 0 fully saturated rings. The minimum Gasteiger partial charge on any atom is -0.508 e. The molecule has 2 aromatic heterocycles. The predicted octanol–water partition coefficient (Wildman–Crippen LogP) is 4.94. The number of rotatable bonds is 5. The monoisotopic (exact) mass is 405 g/mol. The molecule has 144 valence electrons. The van der Waals surface area contributed by atoms with Crippen molar-refractivity contribution in [2.75, 3.05) is 5.32 Å². The van der Waals surface area contributed by atoms with Crippen molar-refractivity contribution >= 4 is 23.4 Å². The van der Waals surface area contributed by atoms with Crippen LogP contribution in [0.3, 0.4) is 0 Å². The molecule has 6 nitrogen and oxygen atoms in total. The number of nitrogens with zero attached hydrogens (tertiary/aromatic N) is 2.